The van der Waals surface area contributed by atoms with Gasteiger partial charge in [0, 0.05) is 25.7 Å². The van der Waals surface area contributed by atoms with Crippen molar-refractivity contribution >= 4 is 29.8 Å². The van der Waals surface area contributed by atoms with Crippen molar-refractivity contribution in [3.8, 4) is 0 Å². The lowest BCUT2D eigenvalue weighted by Crippen LogP contribution is -2.53. The molecule has 0 radical (unpaired) electrons. The number of rotatable bonds is 17. The van der Waals surface area contributed by atoms with Crippen LogP contribution < -0.4 is 0 Å². The molecule has 14 heteroatoms. The molecule has 0 saturated carbocycles. The van der Waals surface area contributed by atoms with Crippen LogP contribution in [-0.4, -0.2) is 143 Å². The Balaban J connectivity index is 6.45. The van der Waals surface area contributed by atoms with E-state index in [0.29, 0.717) is 0 Å². The van der Waals surface area contributed by atoms with Gasteiger partial charge in [0.2, 0.25) is 0 Å². The van der Waals surface area contributed by atoms with E-state index in [0.717, 1.165) is 0 Å². The summed E-state index contributed by atoms with van der Waals surface area (Å²) in [6.07, 6.45) is 0. The first kappa shape index (κ1) is 46.2. The molecular weight excluding hydrogens is 638 g/mol. The quantitative estimate of drug-likeness (QED) is 0.174. The molecule has 286 valence electrons. The zero-order valence-corrected chi connectivity index (χ0v) is 32.8. The summed E-state index contributed by atoms with van der Waals surface area (Å²) in [5, 5.41) is 10.6. The molecule has 0 unspecified atom stereocenters. The molecule has 0 aliphatic heterocycles. The largest absolute Gasteiger partial charge is 0.459 e. The van der Waals surface area contributed by atoms with Crippen LogP contribution in [0.1, 0.15) is 104 Å². The third kappa shape index (κ3) is 25.8. The fraction of sp³-hybridized carbons (Fsp3) is 0.857. The summed E-state index contributed by atoms with van der Waals surface area (Å²) in [5.41, 5.74) is -3.87. The minimum Gasteiger partial charge on any atom is -0.459 e. The summed E-state index contributed by atoms with van der Waals surface area (Å²) in [6.45, 7) is 24.2. The first-order valence-corrected chi connectivity index (χ1v) is 16.8. The Bertz CT molecular complexity index is 1030. The number of hydrogen-bond donors (Lipinski definition) is 1. The number of ether oxygens (including phenoxy) is 5. The molecule has 14 nitrogen and oxygen atoms in total. The number of carbonyl (C=O) groups excluding carboxylic acids is 5. The van der Waals surface area contributed by atoms with Gasteiger partial charge in [-0.15, -0.1) is 0 Å². The molecule has 1 N–H and O–H groups in total. The van der Waals surface area contributed by atoms with E-state index in [4.69, 9.17) is 23.7 Å². The summed E-state index contributed by atoms with van der Waals surface area (Å²) in [7, 11) is 0. The second-order valence-corrected chi connectivity index (χ2v) is 17.1. The van der Waals surface area contributed by atoms with Crippen LogP contribution in [0.4, 0.5) is 0 Å². The van der Waals surface area contributed by atoms with Crippen molar-refractivity contribution in [2.75, 3.05) is 59.0 Å². The van der Waals surface area contributed by atoms with Gasteiger partial charge in [0.25, 0.3) is 0 Å². The lowest BCUT2D eigenvalue weighted by Gasteiger charge is -2.36. The Hall–Kier alpha value is -2.81. The van der Waals surface area contributed by atoms with Crippen LogP contribution in [0.2, 0.25) is 0 Å². The fourth-order valence-corrected chi connectivity index (χ4v) is 4.41. The van der Waals surface area contributed by atoms with Crippen molar-refractivity contribution in [1.82, 2.24) is 14.7 Å². The SMILES string of the molecule is CC(C)(C)OC(=O)CN(CCN(CC(=O)OC(C)(C)C)[C@@H](CO)CN(CC(=O)OC(C)(C)C)CC(=O)OC(C)(C)C)CC(=O)OC(C)(C)C. The minimum absolute atomic E-state index is 0.0457. The van der Waals surface area contributed by atoms with Gasteiger partial charge in [-0.2, -0.15) is 0 Å². The van der Waals surface area contributed by atoms with Crippen molar-refractivity contribution in [3.63, 3.8) is 0 Å². The Labute approximate surface area is 294 Å². The zero-order chi connectivity index (χ0) is 38.6. The van der Waals surface area contributed by atoms with Crippen molar-refractivity contribution in [1.29, 1.82) is 0 Å². The van der Waals surface area contributed by atoms with Crippen LogP contribution in [0.5, 0.6) is 0 Å². The second kappa shape index (κ2) is 19.0. The fourth-order valence-electron chi connectivity index (χ4n) is 4.41. The van der Waals surface area contributed by atoms with Gasteiger partial charge in [-0.1, -0.05) is 0 Å². The van der Waals surface area contributed by atoms with E-state index < -0.39 is 70.5 Å². The Morgan fingerprint density at radius 3 is 0.980 bits per heavy atom. The van der Waals surface area contributed by atoms with Crippen molar-refractivity contribution in [2.24, 2.45) is 0 Å². The Morgan fingerprint density at radius 2 is 0.714 bits per heavy atom. The first-order chi connectivity index (χ1) is 21.9. The maximum atomic E-state index is 13.1. The van der Waals surface area contributed by atoms with Crippen molar-refractivity contribution in [2.45, 2.75) is 138 Å². The highest BCUT2D eigenvalue weighted by molar-refractivity contribution is 5.76. The van der Waals surface area contributed by atoms with Crippen molar-refractivity contribution in [3.05, 3.63) is 0 Å². The van der Waals surface area contributed by atoms with Crippen LogP contribution in [-0.2, 0) is 47.7 Å². The molecule has 0 rings (SSSR count). The number of esters is 5. The normalized spacial score (nSPS) is 13.7. The second-order valence-electron chi connectivity index (χ2n) is 17.1. The first-order valence-electron chi connectivity index (χ1n) is 16.8. The van der Waals surface area contributed by atoms with Gasteiger partial charge in [-0.3, -0.25) is 38.7 Å². The van der Waals surface area contributed by atoms with Gasteiger partial charge in [-0.25, -0.2) is 0 Å². The molecule has 0 amide bonds. The van der Waals surface area contributed by atoms with Crippen LogP contribution in [0.25, 0.3) is 0 Å². The molecule has 0 heterocycles. The molecule has 1 atom stereocenters. The molecule has 0 aromatic heterocycles. The minimum atomic E-state index is -0.803. The van der Waals surface area contributed by atoms with E-state index in [1.165, 1.54) is 9.80 Å². The van der Waals surface area contributed by atoms with Gasteiger partial charge in [0.1, 0.15) is 28.0 Å². The summed E-state index contributed by atoms with van der Waals surface area (Å²) in [6, 6.07) is -0.803. The third-order valence-corrected chi connectivity index (χ3v) is 5.74. The number of aliphatic hydroxyl groups excluding tert-OH is 1. The number of hydrogen-bond acceptors (Lipinski definition) is 14. The van der Waals surface area contributed by atoms with E-state index in [2.05, 4.69) is 0 Å². The highest BCUT2D eigenvalue weighted by atomic mass is 16.6. The summed E-state index contributed by atoms with van der Waals surface area (Å²) < 4.78 is 27.5. The highest BCUT2D eigenvalue weighted by Crippen LogP contribution is 2.14. The molecular formula is C35H65N3O11. The number of nitrogens with zero attached hydrogens (tertiary/aromatic N) is 3. The summed E-state index contributed by atoms with van der Waals surface area (Å²) >= 11 is 0. The number of carbonyl (C=O) groups is 5. The number of aliphatic hydroxyl groups is 1. The standard InChI is InChI=1S/C35H65N3O11/c1-31(2,3)45-26(40)19-36(20-27(41)46-32(4,5)6)16-17-38(23-30(44)49-35(13,14)15)25(24-39)18-37(21-28(42)47-33(7,8)9)22-29(43)48-34(10,11)12/h25,39H,16-24H2,1-15H3/t25-/m1/s1. The predicted octanol–water partition coefficient (Wildman–Crippen LogP) is 2.96. The van der Waals surface area contributed by atoms with Gasteiger partial charge < -0.3 is 28.8 Å². The van der Waals surface area contributed by atoms with E-state index in [1.54, 1.807) is 109 Å². The van der Waals surface area contributed by atoms with Crippen LogP contribution in [0, 0.1) is 0 Å². The van der Waals surface area contributed by atoms with E-state index >= 15 is 0 Å². The molecule has 0 aromatic carbocycles. The lowest BCUT2D eigenvalue weighted by atomic mass is 10.2. The molecule has 0 fully saturated rings. The summed E-state index contributed by atoms with van der Waals surface area (Å²) in [5.74, 6) is -2.88. The molecule has 0 aromatic rings. The van der Waals surface area contributed by atoms with Crippen molar-refractivity contribution < 1.29 is 52.8 Å². The molecule has 0 saturated heterocycles. The van der Waals surface area contributed by atoms with Crippen LogP contribution in [0.15, 0.2) is 0 Å². The van der Waals surface area contributed by atoms with E-state index in [9.17, 15) is 29.1 Å². The van der Waals surface area contributed by atoms with Gasteiger partial charge in [0.15, 0.2) is 0 Å². The highest BCUT2D eigenvalue weighted by Gasteiger charge is 2.31. The third-order valence-electron chi connectivity index (χ3n) is 5.74. The molecule has 0 aliphatic rings. The van der Waals surface area contributed by atoms with E-state index in [-0.39, 0.29) is 52.4 Å². The van der Waals surface area contributed by atoms with Gasteiger partial charge in [-0.05, 0) is 104 Å². The van der Waals surface area contributed by atoms with Crippen LogP contribution in [0.3, 0.4) is 0 Å². The zero-order valence-electron chi connectivity index (χ0n) is 32.8. The monoisotopic (exact) mass is 703 g/mol. The maximum absolute atomic E-state index is 13.1. The Kier molecular flexibility index (Phi) is 17.9. The van der Waals surface area contributed by atoms with Gasteiger partial charge in [0.05, 0.1) is 39.3 Å². The predicted molar refractivity (Wildman–Crippen MR) is 185 cm³/mol. The molecule has 0 aliphatic carbocycles. The lowest BCUT2D eigenvalue weighted by molar-refractivity contribution is -0.162. The summed E-state index contributed by atoms with van der Waals surface area (Å²) in [4.78, 5) is 69.1. The topological polar surface area (TPSA) is 161 Å². The molecule has 0 bridgehead atoms. The average molecular weight is 704 g/mol. The molecule has 0 spiro atoms. The average Bonchev–Trinajstić information content (AvgIpc) is 2.78. The maximum Gasteiger partial charge on any atom is 0.320 e. The van der Waals surface area contributed by atoms with Gasteiger partial charge >= 0.3 is 29.8 Å². The van der Waals surface area contributed by atoms with E-state index in [1.807, 2.05) is 0 Å². The molecule has 49 heavy (non-hydrogen) atoms. The Morgan fingerprint density at radius 1 is 0.449 bits per heavy atom. The van der Waals surface area contributed by atoms with Crippen LogP contribution >= 0.6 is 0 Å². The smallest absolute Gasteiger partial charge is 0.320 e.